The van der Waals surface area contributed by atoms with Gasteiger partial charge in [-0.1, -0.05) is 6.92 Å². The molecule has 0 aromatic carbocycles. The van der Waals surface area contributed by atoms with Crippen LogP contribution >= 0.6 is 30.6 Å². The van der Waals surface area contributed by atoms with Crippen molar-refractivity contribution in [1.29, 1.82) is 0 Å². The minimum Gasteiger partial charge on any atom is -0.343 e. The Labute approximate surface area is 64.6 Å². The van der Waals surface area contributed by atoms with E-state index in [0.717, 1.165) is 0 Å². The predicted octanol–water partition coefficient (Wildman–Crippen LogP) is 2.08. The molecule has 56 valence electrons. The fourth-order valence-electron chi connectivity index (χ4n) is 0.306. The van der Waals surface area contributed by atoms with E-state index in [1.54, 1.807) is 6.92 Å². The normalized spacial score (nSPS) is 20.9. The quantitative estimate of drug-likeness (QED) is 0.547. The lowest BCUT2D eigenvalue weighted by Crippen LogP contribution is -2.02. The van der Waals surface area contributed by atoms with Gasteiger partial charge in [0.2, 0.25) is 7.37 Å². The van der Waals surface area contributed by atoms with Crippen molar-refractivity contribution >= 4 is 30.6 Å². The molecule has 0 aliphatic carbocycles. The molecule has 0 rings (SSSR count). The third-order valence-electron chi connectivity index (χ3n) is 1.02. The largest absolute Gasteiger partial charge is 0.343 e. The molecule has 0 bridgehead atoms. The number of alkyl halides is 2. The van der Waals surface area contributed by atoms with Crippen molar-refractivity contribution in [3.05, 3.63) is 0 Å². The van der Waals surface area contributed by atoms with Gasteiger partial charge in [-0.25, -0.2) is 0 Å². The van der Waals surface area contributed by atoms with Crippen molar-refractivity contribution in [2.75, 3.05) is 12.0 Å². The van der Waals surface area contributed by atoms with Crippen molar-refractivity contribution in [3.8, 4) is 0 Å². The number of halogens is 2. The molecule has 0 amide bonds. The van der Waals surface area contributed by atoms with Gasteiger partial charge in [0.15, 0.2) is 0 Å². The highest BCUT2D eigenvalue weighted by Gasteiger charge is 2.25. The third-order valence-corrected chi connectivity index (χ3v) is 4.73. The van der Waals surface area contributed by atoms with Crippen molar-refractivity contribution in [1.82, 2.24) is 0 Å². The summed E-state index contributed by atoms with van der Waals surface area (Å²) in [5.41, 5.74) is 0. The number of hydrogen-bond donors (Lipinski definition) is 1. The van der Waals surface area contributed by atoms with Crippen molar-refractivity contribution in [2.24, 2.45) is 0 Å². The maximum absolute atomic E-state index is 10.9. The van der Waals surface area contributed by atoms with Crippen LogP contribution in [0.1, 0.15) is 6.92 Å². The van der Waals surface area contributed by atoms with Crippen LogP contribution < -0.4 is 0 Å². The van der Waals surface area contributed by atoms with E-state index in [9.17, 15) is 4.57 Å². The molecule has 0 radical (unpaired) electrons. The van der Waals surface area contributed by atoms with Crippen LogP contribution in [0.3, 0.4) is 0 Å². The van der Waals surface area contributed by atoms with Crippen LogP contribution in [-0.4, -0.2) is 22.1 Å². The highest BCUT2D eigenvalue weighted by molar-refractivity contribution is 7.60. The summed E-state index contributed by atoms with van der Waals surface area (Å²) in [5, 5.41) is -0.788. The standard InChI is InChI=1S/C4H9Cl2O2P/c1-2-9(7,8)4(6)3-5/h4H,2-3H2,1H3,(H,7,8). The zero-order valence-electron chi connectivity index (χ0n) is 5.05. The Morgan fingerprint density at radius 1 is 1.78 bits per heavy atom. The van der Waals surface area contributed by atoms with E-state index in [2.05, 4.69) is 0 Å². The minimum absolute atomic E-state index is 0.0309. The zero-order valence-corrected chi connectivity index (χ0v) is 7.46. The predicted molar refractivity (Wildman–Crippen MR) is 40.7 cm³/mol. The van der Waals surface area contributed by atoms with E-state index < -0.39 is 12.5 Å². The second-order valence-electron chi connectivity index (χ2n) is 1.66. The summed E-state index contributed by atoms with van der Waals surface area (Å²) in [6.45, 7) is 1.61. The molecule has 2 nitrogen and oxygen atoms in total. The molecule has 0 fully saturated rings. The second kappa shape index (κ2) is 3.82. The maximum Gasteiger partial charge on any atom is 0.218 e. The molecule has 1 N–H and O–H groups in total. The average Bonchev–Trinajstić information content (AvgIpc) is 1.86. The summed E-state index contributed by atoms with van der Waals surface area (Å²) in [5.74, 6) is 0.0309. The molecule has 0 aromatic rings. The van der Waals surface area contributed by atoms with E-state index in [1.165, 1.54) is 0 Å². The van der Waals surface area contributed by atoms with E-state index in [-0.39, 0.29) is 12.0 Å². The summed E-state index contributed by atoms with van der Waals surface area (Å²) < 4.78 is 10.9. The molecule has 0 spiro atoms. The molecule has 0 aliphatic heterocycles. The second-order valence-corrected chi connectivity index (χ2v) is 5.57. The molecule has 2 unspecified atom stereocenters. The minimum atomic E-state index is -3.13. The summed E-state index contributed by atoms with van der Waals surface area (Å²) in [4.78, 5) is 8.93. The monoisotopic (exact) mass is 190 g/mol. The van der Waals surface area contributed by atoms with Gasteiger partial charge in [-0.05, 0) is 0 Å². The third kappa shape index (κ3) is 2.90. The lowest BCUT2D eigenvalue weighted by molar-refractivity contribution is 0.477. The van der Waals surface area contributed by atoms with Crippen LogP contribution in [0.4, 0.5) is 0 Å². The van der Waals surface area contributed by atoms with Gasteiger partial charge < -0.3 is 4.89 Å². The number of rotatable bonds is 3. The van der Waals surface area contributed by atoms with Crippen molar-refractivity contribution in [3.63, 3.8) is 0 Å². The van der Waals surface area contributed by atoms with Gasteiger partial charge in [0.1, 0.15) is 5.12 Å². The lowest BCUT2D eigenvalue weighted by atomic mass is 10.9. The molecule has 0 saturated carbocycles. The van der Waals surface area contributed by atoms with E-state index in [0.29, 0.717) is 0 Å². The van der Waals surface area contributed by atoms with Crippen molar-refractivity contribution < 1.29 is 9.46 Å². The van der Waals surface area contributed by atoms with Gasteiger partial charge in [-0.2, -0.15) is 0 Å². The summed E-state index contributed by atoms with van der Waals surface area (Å²) in [7, 11) is -3.13. The first-order chi connectivity index (χ1) is 4.04. The Kier molecular flexibility index (Phi) is 4.15. The summed E-state index contributed by atoms with van der Waals surface area (Å²) >= 11 is 10.7. The van der Waals surface area contributed by atoms with E-state index in [1.807, 2.05) is 0 Å². The van der Waals surface area contributed by atoms with E-state index in [4.69, 9.17) is 28.1 Å². The number of hydrogen-bond acceptors (Lipinski definition) is 1. The van der Waals surface area contributed by atoms with Gasteiger partial charge in [-0.3, -0.25) is 4.57 Å². The Bertz CT molecular complexity index is 128. The zero-order chi connectivity index (χ0) is 7.49. The average molecular weight is 191 g/mol. The molecule has 5 heteroatoms. The Hall–Kier alpha value is 0.770. The smallest absolute Gasteiger partial charge is 0.218 e. The fourth-order valence-corrected chi connectivity index (χ4v) is 1.98. The molecule has 0 aliphatic rings. The molecular formula is C4H9Cl2O2P. The van der Waals surface area contributed by atoms with Crippen LogP contribution in [0.5, 0.6) is 0 Å². The first-order valence-corrected chi connectivity index (χ1v) is 5.44. The Morgan fingerprint density at radius 2 is 2.22 bits per heavy atom. The summed E-state index contributed by atoms with van der Waals surface area (Å²) in [6.07, 6.45) is 0.188. The molecule has 0 saturated heterocycles. The van der Waals surface area contributed by atoms with Crippen LogP contribution in [0.25, 0.3) is 0 Å². The van der Waals surface area contributed by atoms with E-state index >= 15 is 0 Å². The van der Waals surface area contributed by atoms with Gasteiger partial charge in [0, 0.05) is 12.0 Å². The summed E-state index contributed by atoms with van der Waals surface area (Å²) in [6, 6.07) is 0. The van der Waals surface area contributed by atoms with Gasteiger partial charge in [-0.15, -0.1) is 23.2 Å². The van der Waals surface area contributed by atoms with Gasteiger partial charge in [0.25, 0.3) is 0 Å². The van der Waals surface area contributed by atoms with Crippen LogP contribution in [0.15, 0.2) is 0 Å². The molecule has 9 heavy (non-hydrogen) atoms. The molecule has 0 heterocycles. The van der Waals surface area contributed by atoms with Crippen LogP contribution in [-0.2, 0) is 4.57 Å². The maximum atomic E-state index is 10.9. The van der Waals surface area contributed by atoms with Gasteiger partial charge >= 0.3 is 0 Å². The lowest BCUT2D eigenvalue weighted by Gasteiger charge is -2.11. The van der Waals surface area contributed by atoms with Crippen LogP contribution in [0, 0.1) is 0 Å². The topological polar surface area (TPSA) is 37.3 Å². The molecule has 2 atom stereocenters. The van der Waals surface area contributed by atoms with Crippen molar-refractivity contribution in [2.45, 2.75) is 12.0 Å². The first kappa shape index (κ1) is 9.77. The first-order valence-electron chi connectivity index (χ1n) is 2.56. The Balaban J connectivity index is 3.98. The Morgan fingerprint density at radius 3 is 2.33 bits per heavy atom. The van der Waals surface area contributed by atoms with Gasteiger partial charge in [0.05, 0.1) is 0 Å². The van der Waals surface area contributed by atoms with Crippen LogP contribution in [0.2, 0.25) is 0 Å². The molecular weight excluding hydrogens is 182 g/mol. The molecule has 0 aromatic heterocycles. The fraction of sp³-hybridized carbons (Fsp3) is 1.00. The SMILES string of the molecule is CCP(=O)(O)C(Cl)CCl. The highest BCUT2D eigenvalue weighted by atomic mass is 35.5. The highest BCUT2D eigenvalue weighted by Crippen LogP contribution is 2.47.